The van der Waals surface area contributed by atoms with Crippen molar-refractivity contribution in [2.45, 2.75) is 25.9 Å². The molecule has 1 aliphatic heterocycles. The fraction of sp³-hybridized carbons (Fsp3) is 0.529. The lowest BCUT2D eigenvalue weighted by Crippen LogP contribution is -2.52. The highest BCUT2D eigenvalue weighted by atomic mass is 35.5. The zero-order valence-corrected chi connectivity index (χ0v) is 15.1. The van der Waals surface area contributed by atoms with E-state index >= 15 is 0 Å². The van der Waals surface area contributed by atoms with Crippen molar-refractivity contribution in [3.05, 3.63) is 35.9 Å². The molecule has 7 heteroatoms. The highest BCUT2D eigenvalue weighted by Gasteiger charge is 2.22. The largest absolute Gasteiger partial charge is 0.337 e. The first-order valence-electron chi connectivity index (χ1n) is 8.11. The van der Waals surface area contributed by atoms with E-state index in [0.717, 1.165) is 25.2 Å². The van der Waals surface area contributed by atoms with Gasteiger partial charge in [0, 0.05) is 52.2 Å². The molecule has 0 bridgehead atoms. The highest BCUT2D eigenvalue weighted by Crippen LogP contribution is 2.05. The van der Waals surface area contributed by atoms with E-state index < -0.39 is 0 Å². The van der Waals surface area contributed by atoms with E-state index in [1.54, 1.807) is 11.9 Å². The van der Waals surface area contributed by atoms with E-state index in [0.29, 0.717) is 19.5 Å². The smallest absolute Gasteiger partial charge is 0.317 e. The standard InChI is InChI=1S/C17H26N4O2.ClH/c1-14-12-18-10-11-21(14)16(22)8-9-19-17(23)20(2)13-15-6-4-3-5-7-15;/h3-7,14,18H,8-13H2,1-2H3,(H,19,23);1H/t14-;/m0./s1. The number of benzene rings is 1. The van der Waals surface area contributed by atoms with Gasteiger partial charge in [-0.3, -0.25) is 4.79 Å². The molecule has 1 atom stereocenters. The van der Waals surface area contributed by atoms with Crippen LogP contribution in [0.1, 0.15) is 18.9 Å². The number of nitrogens with zero attached hydrogens (tertiary/aromatic N) is 2. The number of rotatable bonds is 5. The number of carbonyl (C=O) groups excluding carboxylic acids is 2. The summed E-state index contributed by atoms with van der Waals surface area (Å²) in [4.78, 5) is 27.7. The van der Waals surface area contributed by atoms with Crippen LogP contribution in [0.3, 0.4) is 0 Å². The van der Waals surface area contributed by atoms with Crippen LogP contribution in [-0.2, 0) is 11.3 Å². The van der Waals surface area contributed by atoms with Gasteiger partial charge in [-0.2, -0.15) is 0 Å². The van der Waals surface area contributed by atoms with E-state index in [4.69, 9.17) is 0 Å². The number of halogens is 1. The van der Waals surface area contributed by atoms with Gasteiger partial charge in [0.25, 0.3) is 0 Å². The third-order valence-corrected chi connectivity index (χ3v) is 4.05. The lowest BCUT2D eigenvalue weighted by molar-refractivity contribution is -0.133. The summed E-state index contributed by atoms with van der Waals surface area (Å²) in [5.41, 5.74) is 1.08. The molecule has 0 aromatic heterocycles. The zero-order valence-electron chi connectivity index (χ0n) is 14.3. The summed E-state index contributed by atoms with van der Waals surface area (Å²) in [6.45, 7) is 5.36. The van der Waals surface area contributed by atoms with Gasteiger partial charge in [0.2, 0.25) is 5.91 Å². The normalized spacial score (nSPS) is 16.9. The van der Waals surface area contributed by atoms with Crippen LogP contribution in [0.25, 0.3) is 0 Å². The van der Waals surface area contributed by atoms with E-state index in [-0.39, 0.29) is 30.4 Å². The molecule has 1 aromatic carbocycles. The van der Waals surface area contributed by atoms with E-state index in [2.05, 4.69) is 10.6 Å². The minimum absolute atomic E-state index is 0. The van der Waals surface area contributed by atoms with Crippen molar-refractivity contribution in [1.82, 2.24) is 20.4 Å². The third-order valence-electron chi connectivity index (χ3n) is 4.05. The molecule has 1 aliphatic rings. The van der Waals surface area contributed by atoms with Gasteiger partial charge in [-0.1, -0.05) is 30.3 Å². The van der Waals surface area contributed by atoms with Gasteiger partial charge < -0.3 is 20.4 Å². The first-order valence-corrected chi connectivity index (χ1v) is 8.11. The van der Waals surface area contributed by atoms with Crippen LogP contribution in [0.15, 0.2) is 30.3 Å². The fourth-order valence-electron chi connectivity index (χ4n) is 2.70. The zero-order chi connectivity index (χ0) is 16.7. The van der Waals surface area contributed by atoms with Crippen LogP contribution in [0.4, 0.5) is 4.79 Å². The Bertz CT molecular complexity index is 527. The van der Waals surface area contributed by atoms with Crippen LogP contribution >= 0.6 is 12.4 Å². The average molecular weight is 355 g/mol. The molecule has 1 fully saturated rings. The van der Waals surface area contributed by atoms with Crippen molar-refractivity contribution in [1.29, 1.82) is 0 Å². The molecule has 6 nitrogen and oxygen atoms in total. The molecule has 0 aliphatic carbocycles. The molecule has 0 saturated carbocycles. The first kappa shape index (κ1) is 20.3. The van der Waals surface area contributed by atoms with Crippen molar-refractivity contribution in [2.75, 3.05) is 33.2 Å². The van der Waals surface area contributed by atoms with Crippen molar-refractivity contribution >= 4 is 24.3 Å². The number of urea groups is 1. The van der Waals surface area contributed by atoms with Crippen LogP contribution in [0.2, 0.25) is 0 Å². The van der Waals surface area contributed by atoms with Gasteiger partial charge in [0.1, 0.15) is 0 Å². The molecular weight excluding hydrogens is 328 g/mol. The predicted molar refractivity (Wildman–Crippen MR) is 97.2 cm³/mol. The first-order chi connectivity index (χ1) is 11.1. The van der Waals surface area contributed by atoms with Crippen molar-refractivity contribution < 1.29 is 9.59 Å². The molecule has 24 heavy (non-hydrogen) atoms. The number of piperazine rings is 1. The van der Waals surface area contributed by atoms with Crippen molar-refractivity contribution in [3.63, 3.8) is 0 Å². The maximum Gasteiger partial charge on any atom is 0.317 e. The Kier molecular flexibility index (Phi) is 8.57. The quantitative estimate of drug-likeness (QED) is 0.841. The molecule has 1 saturated heterocycles. The van der Waals surface area contributed by atoms with Gasteiger partial charge in [-0.05, 0) is 12.5 Å². The second kappa shape index (κ2) is 10.2. The van der Waals surface area contributed by atoms with Crippen LogP contribution in [0.5, 0.6) is 0 Å². The average Bonchev–Trinajstić information content (AvgIpc) is 2.56. The molecule has 3 amide bonds. The maximum absolute atomic E-state index is 12.2. The Morgan fingerprint density at radius 2 is 2.04 bits per heavy atom. The summed E-state index contributed by atoms with van der Waals surface area (Å²) in [6, 6.07) is 9.88. The fourth-order valence-corrected chi connectivity index (χ4v) is 2.70. The summed E-state index contributed by atoms with van der Waals surface area (Å²) in [5, 5.41) is 6.07. The van der Waals surface area contributed by atoms with E-state index in [9.17, 15) is 9.59 Å². The van der Waals surface area contributed by atoms with Crippen LogP contribution in [-0.4, -0.2) is 61.0 Å². The van der Waals surface area contributed by atoms with Gasteiger partial charge in [-0.25, -0.2) is 4.79 Å². The molecule has 0 spiro atoms. The minimum Gasteiger partial charge on any atom is -0.337 e. The molecule has 1 aromatic rings. The Balaban J connectivity index is 0.00000288. The predicted octanol–water partition coefficient (Wildman–Crippen LogP) is 1.46. The van der Waals surface area contributed by atoms with Gasteiger partial charge >= 0.3 is 6.03 Å². The lowest BCUT2D eigenvalue weighted by atomic mass is 10.2. The SMILES string of the molecule is C[C@H]1CNCCN1C(=O)CCNC(=O)N(C)Cc1ccccc1.Cl. The summed E-state index contributed by atoms with van der Waals surface area (Å²) in [5.74, 6) is 0.102. The Morgan fingerprint density at radius 1 is 1.33 bits per heavy atom. The maximum atomic E-state index is 12.2. The molecule has 2 N–H and O–H groups in total. The number of hydrogen-bond acceptors (Lipinski definition) is 3. The molecule has 1 heterocycles. The summed E-state index contributed by atoms with van der Waals surface area (Å²) >= 11 is 0. The second-order valence-electron chi connectivity index (χ2n) is 5.96. The number of carbonyl (C=O) groups is 2. The minimum atomic E-state index is -0.157. The highest BCUT2D eigenvalue weighted by molar-refractivity contribution is 5.85. The van der Waals surface area contributed by atoms with Gasteiger partial charge in [-0.15, -0.1) is 12.4 Å². The summed E-state index contributed by atoms with van der Waals surface area (Å²) in [7, 11) is 1.75. The third kappa shape index (κ3) is 6.02. The molecule has 0 unspecified atom stereocenters. The number of nitrogens with one attached hydrogen (secondary N) is 2. The Hall–Kier alpha value is -1.79. The Labute approximate surface area is 150 Å². The van der Waals surface area contributed by atoms with Crippen molar-refractivity contribution in [2.24, 2.45) is 0 Å². The monoisotopic (exact) mass is 354 g/mol. The molecule has 2 rings (SSSR count). The summed E-state index contributed by atoms with van der Waals surface area (Å²) in [6.07, 6.45) is 0.343. The van der Waals surface area contributed by atoms with Crippen LogP contribution < -0.4 is 10.6 Å². The lowest BCUT2D eigenvalue weighted by Gasteiger charge is -2.34. The van der Waals surface area contributed by atoms with Gasteiger partial charge in [0.15, 0.2) is 0 Å². The van der Waals surface area contributed by atoms with Crippen LogP contribution in [0, 0.1) is 0 Å². The number of hydrogen-bond donors (Lipinski definition) is 2. The van der Waals surface area contributed by atoms with E-state index in [1.165, 1.54) is 0 Å². The van der Waals surface area contributed by atoms with Gasteiger partial charge in [0.05, 0.1) is 0 Å². The molecule has 134 valence electrons. The Morgan fingerprint density at radius 3 is 2.71 bits per heavy atom. The summed E-state index contributed by atoms with van der Waals surface area (Å²) < 4.78 is 0. The topological polar surface area (TPSA) is 64.7 Å². The van der Waals surface area contributed by atoms with E-state index in [1.807, 2.05) is 42.2 Å². The molecule has 0 radical (unpaired) electrons. The molecular formula is C17H27ClN4O2. The second-order valence-corrected chi connectivity index (χ2v) is 5.96. The number of amides is 3. The van der Waals surface area contributed by atoms with Crippen molar-refractivity contribution in [3.8, 4) is 0 Å².